The molecule has 6 heterocycles. The second-order valence-electron chi connectivity index (χ2n) is 29.1. The van der Waals surface area contributed by atoms with E-state index in [9.17, 15) is 44.8 Å². The number of carbonyl (C=O) groups excluding carboxylic acids is 1. The summed E-state index contributed by atoms with van der Waals surface area (Å²) in [5.41, 5.74) is 17.0. The van der Waals surface area contributed by atoms with Gasteiger partial charge in [-0.05, 0) is 235 Å². The smallest absolute Gasteiger partial charge is 0.407 e. The first kappa shape index (κ1) is 102. The summed E-state index contributed by atoms with van der Waals surface area (Å²) < 4.78 is 111. The second-order valence-corrected chi connectivity index (χ2v) is 35.5. The molecular formula is C91H72Cl12F6N10O6S. The molecule has 0 atom stereocenters. The van der Waals surface area contributed by atoms with Gasteiger partial charge in [0.25, 0.3) is 10.1 Å². The van der Waals surface area contributed by atoms with Crippen molar-refractivity contribution in [2.45, 2.75) is 84.0 Å². The van der Waals surface area contributed by atoms with Gasteiger partial charge in [0.05, 0.1) is 108 Å². The minimum atomic E-state index is -3.56. The molecule has 6 aromatic heterocycles. The molecule has 0 saturated heterocycles. The maximum atomic E-state index is 13.5. The van der Waals surface area contributed by atoms with Crippen LogP contribution in [0.25, 0.3) is 67.5 Å². The average molecular weight is 1970 g/mol. The molecule has 0 bridgehead atoms. The zero-order valence-corrected chi connectivity index (χ0v) is 77.2. The van der Waals surface area contributed by atoms with Crippen molar-refractivity contribution in [2.75, 3.05) is 19.3 Å². The van der Waals surface area contributed by atoms with Crippen LogP contribution in [0.2, 0.25) is 61.1 Å². The molecule has 0 fully saturated rings. The van der Waals surface area contributed by atoms with Crippen LogP contribution in [0.15, 0.2) is 212 Å². The molecule has 0 unspecified atom stereocenters. The zero-order chi connectivity index (χ0) is 92.7. The van der Waals surface area contributed by atoms with Crippen LogP contribution in [0.4, 0.5) is 31.1 Å². The summed E-state index contributed by atoms with van der Waals surface area (Å²) in [5.74, 6) is -2.96. The maximum Gasteiger partial charge on any atom is 0.407 e. The highest BCUT2D eigenvalue weighted by molar-refractivity contribution is 7.85. The van der Waals surface area contributed by atoms with Gasteiger partial charge in [-0.1, -0.05) is 197 Å². The highest BCUT2D eigenvalue weighted by Crippen LogP contribution is 2.37. The number of benzene rings is 7. The molecule has 654 valence electrons. The van der Waals surface area contributed by atoms with Crippen LogP contribution in [0, 0.1) is 57.6 Å². The molecule has 0 radical (unpaired) electrons. The van der Waals surface area contributed by atoms with E-state index in [0.29, 0.717) is 102 Å². The number of nitrogens with one attached hydrogen (secondary N) is 1. The fraction of sp³-hybridized carbons (Fsp3) is 0.176. The third-order valence-corrected chi connectivity index (χ3v) is 21.5. The summed E-state index contributed by atoms with van der Waals surface area (Å²) in [7, 11) is -3.56. The van der Waals surface area contributed by atoms with E-state index in [0.717, 1.165) is 34.1 Å². The normalized spacial score (nSPS) is 11.1. The predicted molar refractivity (Wildman–Crippen MR) is 491 cm³/mol. The summed E-state index contributed by atoms with van der Waals surface area (Å²) in [6, 6.07) is 60.0. The molecule has 4 N–H and O–H groups in total. The van der Waals surface area contributed by atoms with Crippen molar-refractivity contribution < 1.29 is 53.6 Å². The fourth-order valence-electron chi connectivity index (χ4n) is 11.0. The van der Waals surface area contributed by atoms with E-state index in [1.54, 1.807) is 98.8 Å². The Balaban J connectivity index is 0.000000189. The van der Waals surface area contributed by atoms with Gasteiger partial charge in [0.1, 0.15) is 72.4 Å². The first-order valence-corrected chi connectivity index (χ1v) is 43.3. The lowest BCUT2D eigenvalue weighted by atomic mass is 9.84. The van der Waals surface area contributed by atoms with E-state index < -0.39 is 61.9 Å². The first-order chi connectivity index (χ1) is 59.3. The molecule has 7 aromatic carbocycles. The van der Waals surface area contributed by atoms with Gasteiger partial charge in [-0.3, -0.25) is 4.18 Å². The van der Waals surface area contributed by atoms with Crippen molar-refractivity contribution in [3.8, 4) is 79.7 Å². The minimum Gasteiger partial charge on any atom is -0.445 e. The summed E-state index contributed by atoms with van der Waals surface area (Å²) >= 11 is 70.5. The maximum absolute atomic E-state index is 13.5. The Morgan fingerprint density at radius 1 is 0.405 bits per heavy atom. The van der Waals surface area contributed by atoms with Crippen molar-refractivity contribution in [2.24, 2.45) is 5.73 Å². The van der Waals surface area contributed by atoms with Gasteiger partial charge in [-0.15, -0.1) is 0 Å². The molecule has 0 saturated carbocycles. The molecule has 0 aliphatic heterocycles. The summed E-state index contributed by atoms with van der Waals surface area (Å²) in [6.45, 7) is 12.3. The van der Waals surface area contributed by atoms with Gasteiger partial charge in [0.15, 0.2) is 0 Å². The van der Waals surface area contributed by atoms with Crippen LogP contribution in [-0.4, -0.2) is 68.9 Å². The number of pyridine rings is 6. The van der Waals surface area contributed by atoms with Crippen molar-refractivity contribution in [3.63, 3.8) is 0 Å². The molecule has 1 amide bonds. The highest BCUT2D eigenvalue weighted by Gasteiger charge is 2.26. The van der Waals surface area contributed by atoms with Crippen LogP contribution in [0.3, 0.4) is 0 Å². The largest absolute Gasteiger partial charge is 0.445 e. The number of nitrogens with two attached hydrogens (primary N) is 1. The number of nitriles is 2. The van der Waals surface area contributed by atoms with E-state index >= 15 is 0 Å². The molecule has 0 spiro atoms. The number of ether oxygens (including phenoxy) is 1. The molecular weight excluding hydrogens is 1900 g/mol. The molecule has 0 aliphatic carbocycles. The zero-order valence-electron chi connectivity index (χ0n) is 67.3. The van der Waals surface area contributed by atoms with Crippen LogP contribution < -0.4 is 11.1 Å². The number of aliphatic hydroxyl groups excluding tert-OH is 1. The number of amides is 1. The Bertz CT molecular complexity index is 6300. The molecule has 16 nitrogen and oxygen atoms in total. The summed E-state index contributed by atoms with van der Waals surface area (Å²) in [5, 5.41) is 31.5. The van der Waals surface area contributed by atoms with Gasteiger partial charge in [0, 0.05) is 57.3 Å². The quantitative estimate of drug-likeness (QED) is 0.0387. The standard InChI is InChI=1S/C23H21Cl2FN2O2.C15H15Cl2FN2.C15H11Cl2FN2.C13H7Cl2FN2.C13H10Cl2FNO3S.C12H8Cl2FNO/c1-23(2,14-27-22(29)30-13-15-6-4-3-5-7-15)17-11-20(28-21(25)12-17)16-8-9-19(26)18(24)10-16;2*1-15(2,8-19)10-6-13(20-14(17)7-10)9-3-4-12(18)11(16)5-9;14-10-7-9(1-2-11(10)16)12-5-8(3-4-17)6-13(15)18-12;1-21(18,19)20-7-8-4-12(17-13(15)5-8)9-2-3-11(16)10(14)6-9;13-9-5-8(1-2-10(9)15)11-3-7(6-17)4-12(14)16-11/h3-12H,13-14H2,1-2H3,(H,27,29);3-7H,8,19H2,1-2H3;3-7H,1-2H3;1-2,5-7H,3H2;2-6H,7H2,1H3;1-5,17H,6H2. The number of rotatable bonds is 19. The minimum absolute atomic E-state index is 0.0120. The SMILES string of the molecule is CC(C)(C#N)c1cc(Cl)nc(-c2ccc(F)c(Cl)c2)c1.CC(C)(CN)c1cc(Cl)nc(-c2ccc(F)c(Cl)c2)c1.CC(C)(CNC(=O)OCc1ccccc1)c1cc(Cl)nc(-c2ccc(F)c(Cl)c2)c1.CS(=O)(=O)OCc1cc(Cl)nc(-c2ccc(F)c(Cl)c2)c1.N#CCc1cc(Cl)nc(-c2ccc(F)c(Cl)c2)c1.OCc1cc(Cl)nc(-c2ccc(F)c(Cl)c2)c1. The van der Waals surface area contributed by atoms with Crippen LogP contribution in [-0.2, 0) is 61.5 Å². The number of halogens is 18. The lowest BCUT2D eigenvalue weighted by Gasteiger charge is -2.26. The van der Waals surface area contributed by atoms with Crippen molar-refractivity contribution in [1.82, 2.24) is 35.2 Å². The summed E-state index contributed by atoms with van der Waals surface area (Å²) in [4.78, 5) is 37.2. The Labute approximate surface area is 784 Å². The van der Waals surface area contributed by atoms with Crippen molar-refractivity contribution in [3.05, 3.63) is 347 Å². The Kier molecular flexibility index (Phi) is 37.7. The highest BCUT2D eigenvalue weighted by atomic mass is 35.5. The Morgan fingerprint density at radius 3 is 1.03 bits per heavy atom. The summed E-state index contributed by atoms with van der Waals surface area (Å²) in [6.07, 6.45) is 0.693. The van der Waals surface area contributed by atoms with Gasteiger partial charge in [-0.2, -0.15) is 18.9 Å². The fourth-order valence-corrected chi connectivity index (χ4v) is 13.8. The lowest BCUT2D eigenvalue weighted by Crippen LogP contribution is -2.37. The third-order valence-electron chi connectivity index (χ3n) is 18.1. The third kappa shape index (κ3) is 30.9. The number of carbonyl (C=O) groups is 1. The van der Waals surface area contributed by atoms with Crippen LogP contribution in [0.5, 0.6) is 0 Å². The number of hydrogen-bond acceptors (Lipinski definition) is 15. The van der Waals surface area contributed by atoms with Gasteiger partial charge < -0.3 is 20.9 Å². The van der Waals surface area contributed by atoms with Gasteiger partial charge in [0.2, 0.25) is 0 Å². The first-order valence-electron chi connectivity index (χ1n) is 37.0. The van der Waals surface area contributed by atoms with Crippen LogP contribution in [0.1, 0.15) is 80.5 Å². The van der Waals surface area contributed by atoms with Crippen LogP contribution >= 0.6 is 139 Å². The predicted octanol–water partition coefficient (Wildman–Crippen LogP) is 27.4. The second kappa shape index (κ2) is 46.5. The van der Waals surface area contributed by atoms with Gasteiger partial charge in [-0.25, -0.2) is 61.0 Å². The molecule has 13 rings (SSSR count). The average Bonchev–Trinajstić information content (AvgIpc) is 0.821. The van der Waals surface area contributed by atoms with E-state index in [4.69, 9.17) is 164 Å². The number of hydrogen-bond donors (Lipinski definition) is 3. The number of nitrogens with zero attached hydrogens (tertiary/aromatic N) is 8. The molecule has 126 heavy (non-hydrogen) atoms. The molecule has 35 heteroatoms. The Morgan fingerprint density at radius 2 is 0.706 bits per heavy atom. The number of alkyl carbamates (subject to hydrolysis) is 1. The number of aromatic nitrogens is 6. The number of aliphatic hydroxyl groups is 1. The molecule has 0 aliphatic rings. The van der Waals surface area contributed by atoms with E-state index in [2.05, 4.69) is 41.3 Å². The lowest BCUT2D eigenvalue weighted by molar-refractivity contribution is 0.137. The van der Waals surface area contributed by atoms with Crippen molar-refractivity contribution in [1.29, 1.82) is 10.5 Å². The Hall–Kier alpha value is -9.42. The molecule has 13 aromatic rings. The van der Waals surface area contributed by atoms with E-state index in [1.165, 1.54) is 84.9 Å². The van der Waals surface area contributed by atoms with E-state index in [1.807, 2.05) is 76.2 Å². The topological polar surface area (TPSA) is 253 Å². The van der Waals surface area contributed by atoms with E-state index in [-0.39, 0.29) is 82.4 Å². The van der Waals surface area contributed by atoms with Crippen molar-refractivity contribution >= 4 is 155 Å². The monoisotopic (exact) mass is 1970 g/mol. The van der Waals surface area contributed by atoms with Gasteiger partial charge >= 0.3 is 6.09 Å².